The van der Waals surface area contributed by atoms with Gasteiger partial charge in [-0.15, -0.1) is 0 Å². The molecular weight excluding hydrogens is 618 g/mol. The van der Waals surface area contributed by atoms with Gasteiger partial charge in [0.05, 0.1) is 18.0 Å². The van der Waals surface area contributed by atoms with Crippen LogP contribution < -0.4 is 10.6 Å². The minimum atomic E-state index is -3.43. The van der Waals surface area contributed by atoms with Crippen LogP contribution in [0.4, 0.5) is 19.3 Å². The van der Waals surface area contributed by atoms with Crippen molar-refractivity contribution in [3.8, 4) is 0 Å². The zero-order valence-electron chi connectivity index (χ0n) is 26.5. The number of halogens is 2. The van der Waals surface area contributed by atoms with Crippen molar-refractivity contribution < 1.29 is 36.6 Å². The summed E-state index contributed by atoms with van der Waals surface area (Å²) >= 11 is 0. The molecule has 3 heterocycles. The maximum absolute atomic E-state index is 15.4. The lowest BCUT2D eigenvalue weighted by molar-refractivity contribution is -0.123. The van der Waals surface area contributed by atoms with E-state index in [1.165, 1.54) is 31.3 Å². The van der Waals surface area contributed by atoms with Crippen LogP contribution >= 0.6 is 0 Å². The van der Waals surface area contributed by atoms with Gasteiger partial charge >= 0.3 is 6.09 Å². The third-order valence-corrected chi connectivity index (χ3v) is 11.7. The number of rotatable bonds is 9. The van der Waals surface area contributed by atoms with Gasteiger partial charge in [0.25, 0.3) is 0 Å². The number of sulfonamides is 1. The fraction of sp³-hybridized carbons (Fsp3) is 0.576. The van der Waals surface area contributed by atoms with Crippen molar-refractivity contribution in [2.75, 3.05) is 31.2 Å². The molecule has 0 aromatic heterocycles. The zero-order chi connectivity index (χ0) is 33.2. The number of amides is 2. The van der Waals surface area contributed by atoms with E-state index in [0.29, 0.717) is 44.3 Å². The average molecular weight is 663 g/mol. The Morgan fingerprint density at radius 3 is 2.50 bits per heavy atom. The molecule has 3 aliphatic rings. The maximum Gasteiger partial charge on any atom is 0.407 e. The number of piperazine rings is 1. The Balaban J connectivity index is 1.44. The zero-order valence-corrected chi connectivity index (χ0v) is 27.3. The number of benzene rings is 2. The Morgan fingerprint density at radius 2 is 1.83 bits per heavy atom. The van der Waals surface area contributed by atoms with Crippen molar-refractivity contribution in [3.05, 3.63) is 65.2 Å². The summed E-state index contributed by atoms with van der Waals surface area (Å²) in [5, 5.41) is 16.4. The van der Waals surface area contributed by atoms with Gasteiger partial charge in [-0.05, 0) is 88.1 Å². The quantitative estimate of drug-likeness (QED) is 0.359. The van der Waals surface area contributed by atoms with Crippen molar-refractivity contribution >= 4 is 27.7 Å². The van der Waals surface area contributed by atoms with E-state index in [-0.39, 0.29) is 53.6 Å². The van der Waals surface area contributed by atoms with Crippen molar-refractivity contribution in [3.63, 3.8) is 0 Å². The number of likely N-dealkylation sites (N-methyl/N-ethyl adjacent to an activating group) is 1. The first-order valence-electron chi connectivity index (χ1n) is 16.0. The van der Waals surface area contributed by atoms with Crippen LogP contribution in [-0.2, 0) is 26.0 Å². The molecule has 10 nitrogen and oxygen atoms in total. The van der Waals surface area contributed by atoms with E-state index in [2.05, 4.69) is 10.6 Å². The summed E-state index contributed by atoms with van der Waals surface area (Å²) in [5.41, 5.74) is 1.02. The van der Waals surface area contributed by atoms with Crippen LogP contribution in [0.1, 0.15) is 63.0 Å². The first-order valence-corrected chi connectivity index (χ1v) is 17.6. The highest BCUT2D eigenvalue weighted by Gasteiger charge is 2.43. The van der Waals surface area contributed by atoms with Crippen LogP contribution in [0.15, 0.2) is 42.5 Å². The standard InChI is InChI=1S/C33H44F2N4O6S/c1-20-16-23(17-21(2)45-20)30(22-9-11-24(34)12-10-22)31(38(3)33(41)42)32(40)37-29-8-4-7-28(35)27(29)14-13-26-18-36-25-6-5-15-46(43,44)39(26)19-25/h4,7-12,20-21,23,25-26,30-31,36H,5-6,13-19H2,1-3H3,(H,37,40)(H,41,42)/t20-,21+,23?,25-,26+,30?,31+/m1/s1. The molecule has 0 aliphatic carbocycles. The van der Waals surface area contributed by atoms with E-state index < -0.39 is 45.6 Å². The molecule has 3 aliphatic heterocycles. The third kappa shape index (κ3) is 7.70. The fourth-order valence-electron chi connectivity index (χ4n) is 7.54. The first-order chi connectivity index (χ1) is 21.8. The molecule has 3 fully saturated rings. The Labute approximate surface area is 269 Å². The summed E-state index contributed by atoms with van der Waals surface area (Å²) in [6.07, 6.45) is 1.38. The molecule has 3 N–H and O–H groups in total. The average Bonchev–Trinajstić information content (AvgIpc) is 3.11. The number of carbonyl (C=O) groups excluding carboxylic acids is 1. The monoisotopic (exact) mass is 662 g/mol. The summed E-state index contributed by atoms with van der Waals surface area (Å²) in [6.45, 7) is 4.69. The SMILES string of the molecule is C[C@@H]1CC(C(c2ccc(F)cc2)[C@@H](C(=O)Nc2cccc(F)c2CC[C@H]2CN[C@@H]3CCCS(=O)(=O)N2C3)N(C)C(=O)O)C[C@H](C)O1. The number of anilines is 1. The number of ether oxygens (including phenoxy) is 1. The molecule has 2 aromatic rings. The van der Waals surface area contributed by atoms with Crippen LogP contribution in [0, 0.1) is 17.6 Å². The molecule has 5 rings (SSSR count). The summed E-state index contributed by atoms with van der Waals surface area (Å²) < 4.78 is 62.8. The molecule has 2 amide bonds. The summed E-state index contributed by atoms with van der Waals surface area (Å²) in [6, 6.07) is 8.56. The third-order valence-electron chi connectivity index (χ3n) is 9.69. The predicted molar refractivity (Wildman–Crippen MR) is 170 cm³/mol. The van der Waals surface area contributed by atoms with Gasteiger partial charge in [-0.25, -0.2) is 22.0 Å². The molecule has 252 valence electrons. The van der Waals surface area contributed by atoms with Gasteiger partial charge in [0.2, 0.25) is 15.9 Å². The molecule has 3 unspecified atom stereocenters. The smallest absolute Gasteiger partial charge is 0.407 e. The van der Waals surface area contributed by atoms with Crippen LogP contribution in [0.2, 0.25) is 0 Å². The minimum absolute atomic E-state index is 0.0844. The number of fused-ring (bicyclic) bond motifs is 2. The van der Waals surface area contributed by atoms with Crippen LogP contribution in [0.3, 0.4) is 0 Å². The van der Waals surface area contributed by atoms with E-state index in [1.807, 2.05) is 13.8 Å². The molecule has 0 spiro atoms. The number of nitrogens with one attached hydrogen (secondary N) is 2. The van der Waals surface area contributed by atoms with Gasteiger partial charge in [-0.2, -0.15) is 4.31 Å². The largest absolute Gasteiger partial charge is 0.465 e. The minimum Gasteiger partial charge on any atom is -0.465 e. The van der Waals surface area contributed by atoms with Gasteiger partial charge in [0.15, 0.2) is 0 Å². The topological polar surface area (TPSA) is 128 Å². The Kier molecular flexibility index (Phi) is 10.7. The van der Waals surface area contributed by atoms with Gasteiger partial charge in [-0.1, -0.05) is 18.2 Å². The Bertz CT molecular complexity index is 1500. The van der Waals surface area contributed by atoms with Crippen molar-refractivity contribution in [2.45, 2.75) is 88.6 Å². The van der Waals surface area contributed by atoms with E-state index in [1.54, 1.807) is 22.5 Å². The van der Waals surface area contributed by atoms with E-state index in [0.717, 1.165) is 11.3 Å². The lowest BCUT2D eigenvalue weighted by Crippen LogP contribution is -2.57. The highest BCUT2D eigenvalue weighted by Crippen LogP contribution is 2.41. The molecular formula is C33H44F2N4O6S. The van der Waals surface area contributed by atoms with Crippen molar-refractivity contribution in [1.29, 1.82) is 0 Å². The predicted octanol–water partition coefficient (Wildman–Crippen LogP) is 4.57. The number of carbonyl (C=O) groups is 2. The second kappa shape index (κ2) is 14.3. The molecule has 2 aromatic carbocycles. The van der Waals surface area contributed by atoms with E-state index >= 15 is 4.39 Å². The summed E-state index contributed by atoms with van der Waals surface area (Å²) in [7, 11) is -2.11. The van der Waals surface area contributed by atoms with Gasteiger partial charge in [-0.3, -0.25) is 9.69 Å². The Morgan fingerprint density at radius 1 is 1.13 bits per heavy atom. The normalized spacial score (nSPS) is 28.8. The van der Waals surface area contributed by atoms with Crippen LogP contribution in [-0.4, -0.2) is 91.0 Å². The van der Waals surface area contributed by atoms with Gasteiger partial charge in [0, 0.05) is 49.4 Å². The van der Waals surface area contributed by atoms with Gasteiger partial charge in [0.1, 0.15) is 17.7 Å². The number of hydrogen-bond acceptors (Lipinski definition) is 6. The maximum atomic E-state index is 15.4. The molecule has 0 radical (unpaired) electrons. The second-order valence-corrected chi connectivity index (χ2v) is 15.0. The lowest BCUT2D eigenvalue weighted by Gasteiger charge is -2.42. The second-order valence-electron chi connectivity index (χ2n) is 13.0. The highest BCUT2D eigenvalue weighted by molar-refractivity contribution is 7.89. The van der Waals surface area contributed by atoms with E-state index in [9.17, 15) is 27.5 Å². The van der Waals surface area contributed by atoms with Crippen LogP contribution in [0.25, 0.3) is 0 Å². The molecule has 2 bridgehead atoms. The van der Waals surface area contributed by atoms with Gasteiger partial charge < -0.3 is 20.5 Å². The lowest BCUT2D eigenvalue weighted by atomic mass is 9.73. The fourth-order valence-corrected chi connectivity index (χ4v) is 9.35. The Hall–Kier alpha value is -3.13. The molecule has 8 atom stereocenters. The first kappa shape index (κ1) is 34.2. The van der Waals surface area contributed by atoms with E-state index in [4.69, 9.17) is 4.74 Å². The number of hydrogen-bond donors (Lipinski definition) is 3. The summed E-state index contributed by atoms with van der Waals surface area (Å²) in [5.74, 6) is -2.39. The number of carboxylic acid groups (broad SMARTS) is 1. The van der Waals surface area contributed by atoms with Crippen molar-refractivity contribution in [1.82, 2.24) is 14.5 Å². The molecule has 3 saturated heterocycles. The number of nitrogens with zero attached hydrogens (tertiary/aromatic N) is 2. The highest BCUT2D eigenvalue weighted by atomic mass is 32.2. The van der Waals surface area contributed by atoms with Crippen LogP contribution in [0.5, 0.6) is 0 Å². The van der Waals surface area contributed by atoms with Crippen molar-refractivity contribution in [2.24, 2.45) is 5.92 Å². The molecule has 46 heavy (non-hydrogen) atoms. The molecule has 13 heteroatoms. The summed E-state index contributed by atoms with van der Waals surface area (Å²) in [4.78, 5) is 27.6. The molecule has 0 saturated carbocycles.